The van der Waals surface area contributed by atoms with Gasteiger partial charge in [0.05, 0.1) is 11.2 Å². The first-order valence-corrected chi connectivity index (χ1v) is 8.87. The lowest BCUT2D eigenvalue weighted by atomic mass is 10.1. The molecule has 0 radical (unpaired) electrons. The molecule has 1 aliphatic heterocycles. The summed E-state index contributed by atoms with van der Waals surface area (Å²) in [5.41, 5.74) is 0.394. The van der Waals surface area contributed by atoms with Crippen LogP contribution in [0.3, 0.4) is 0 Å². The van der Waals surface area contributed by atoms with Gasteiger partial charge in [-0.1, -0.05) is 0 Å². The SMILES string of the molecule is CS(=O)(=O)N1CCC(NC(=O)Nc2ccc([N+](=O)[O-])cc2)CC1. The Morgan fingerprint density at radius 2 is 1.83 bits per heavy atom. The van der Waals surface area contributed by atoms with Crippen LogP contribution in [0.2, 0.25) is 0 Å². The van der Waals surface area contributed by atoms with Crippen molar-refractivity contribution in [2.75, 3.05) is 24.7 Å². The van der Waals surface area contributed by atoms with Gasteiger partial charge in [0, 0.05) is 37.0 Å². The van der Waals surface area contributed by atoms with Gasteiger partial charge in [-0.25, -0.2) is 17.5 Å². The molecule has 0 saturated carbocycles. The lowest BCUT2D eigenvalue weighted by molar-refractivity contribution is -0.384. The van der Waals surface area contributed by atoms with E-state index < -0.39 is 21.0 Å². The van der Waals surface area contributed by atoms with Gasteiger partial charge in [0.2, 0.25) is 10.0 Å². The molecule has 23 heavy (non-hydrogen) atoms. The van der Waals surface area contributed by atoms with E-state index in [2.05, 4.69) is 10.6 Å². The zero-order chi connectivity index (χ0) is 17.0. The Labute approximate surface area is 133 Å². The molecule has 1 aromatic carbocycles. The summed E-state index contributed by atoms with van der Waals surface area (Å²) in [7, 11) is -3.19. The largest absolute Gasteiger partial charge is 0.335 e. The lowest BCUT2D eigenvalue weighted by Gasteiger charge is -2.30. The Kier molecular flexibility index (Phi) is 5.16. The number of urea groups is 1. The Morgan fingerprint density at radius 1 is 1.26 bits per heavy atom. The number of hydrogen-bond acceptors (Lipinski definition) is 5. The van der Waals surface area contributed by atoms with Crippen molar-refractivity contribution in [1.82, 2.24) is 9.62 Å². The van der Waals surface area contributed by atoms with Gasteiger partial charge in [0.1, 0.15) is 0 Å². The highest BCUT2D eigenvalue weighted by atomic mass is 32.2. The summed E-state index contributed by atoms with van der Waals surface area (Å²) in [5, 5.41) is 15.9. The molecular weight excluding hydrogens is 324 g/mol. The molecular formula is C13H18N4O5S. The van der Waals surface area contributed by atoms with Crippen LogP contribution in [0.5, 0.6) is 0 Å². The van der Waals surface area contributed by atoms with Gasteiger partial charge in [0.25, 0.3) is 5.69 Å². The monoisotopic (exact) mass is 342 g/mol. The number of carbonyl (C=O) groups excluding carboxylic acids is 1. The molecule has 2 rings (SSSR count). The smallest absolute Gasteiger partial charge is 0.319 e. The van der Waals surface area contributed by atoms with Gasteiger partial charge in [-0.2, -0.15) is 0 Å². The lowest BCUT2D eigenvalue weighted by Crippen LogP contribution is -2.47. The minimum absolute atomic E-state index is 0.0518. The van der Waals surface area contributed by atoms with E-state index in [0.717, 1.165) is 0 Å². The van der Waals surface area contributed by atoms with Crippen molar-refractivity contribution in [3.8, 4) is 0 Å². The fraction of sp³-hybridized carbons (Fsp3) is 0.462. The fourth-order valence-electron chi connectivity index (χ4n) is 2.35. The number of nitrogens with zero attached hydrogens (tertiary/aromatic N) is 2. The number of non-ortho nitro benzene ring substituents is 1. The van der Waals surface area contributed by atoms with Crippen molar-refractivity contribution >= 4 is 27.4 Å². The summed E-state index contributed by atoms with van der Waals surface area (Å²) in [6, 6.07) is 4.98. The van der Waals surface area contributed by atoms with E-state index in [-0.39, 0.29) is 11.7 Å². The van der Waals surface area contributed by atoms with Crippen LogP contribution in [0.1, 0.15) is 12.8 Å². The zero-order valence-electron chi connectivity index (χ0n) is 12.6. The van der Waals surface area contributed by atoms with Crippen LogP contribution < -0.4 is 10.6 Å². The molecule has 0 aliphatic carbocycles. The van der Waals surface area contributed by atoms with E-state index in [1.54, 1.807) is 0 Å². The topological polar surface area (TPSA) is 122 Å². The molecule has 1 aliphatic rings. The van der Waals surface area contributed by atoms with Crippen molar-refractivity contribution in [2.45, 2.75) is 18.9 Å². The van der Waals surface area contributed by atoms with E-state index in [1.807, 2.05) is 0 Å². The summed E-state index contributed by atoms with van der Waals surface area (Å²) < 4.78 is 24.2. The molecule has 9 nitrogen and oxygen atoms in total. The van der Waals surface area contributed by atoms with E-state index >= 15 is 0 Å². The van der Waals surface area contributed by atoms with Gasteiger partial charge in [0.15, 0.2) is 0 Å². The number of hydrogen-bond donors (Lipinski definition) is 2. The van der Waals surface area contributed by atoms with Crippen molar-refractivity contribution in [1.29, 1.82) is 0 Å². The highest BCUT2D eigenvalue weighted by Crippen LogP contribution is 2.16. The average Bonchev–Trinajstić information content (AvgIpc) is 2.47. The zero-order valence-corrected chi connectivity index (χ0v) is 13.4. The standard InChI is InChI=1S/C13H18N4O5S/c1-23(21,22)16-8-6-11(7-9-16)15-13(18)14-10-2-4-12(5-3-10)17(19)20/h2-5,11H,6-9H2,1H3,(H2,14,15,18). The van der Waals surface area contributed by atoms with Crippen molar-refractivity contribution in [2.24, 2.45) is 0 Å². The first-order valence-electron chi connectivity index (χ1n) is 7.03. The Bertz CT molecular complexity index is 681. The number of nitrogens with one attached hydrogen (secondary N) is 2. The van der Waals surface area contributed by atoms with E-state index in [9.17, 15) is 23.3 Å². The quantitative estimate of drug-likeness (QED) is 0.627. The molecule has 2 amide bonds. The first-order chi connectivity index (χ1) is 10.8. The summed E-state index contributed by atoms with van der Waals surface area (Å²) in [6.45, 7) is 0.753. The second-order valence-electron chi connectivity index (χ2n) is 5.34. The van der Waals surface area contributed by atoms with Gasteiger partial charge < -0.3 is 10.6 Å². The minimum atomic E-state index is -3.19. The number of sulfonamides is 1. The third-order valence-electron chi connectivity index (χ3n) is 3.59. The summed E-state index contributed by atoms with van der Waals surface area (Å²) >= 11 is 0. The van der Waals surface area contributed by atoms with Crippen LogP contribution in [-0.4, -0.2) is 49.1 Å². The number of nitro groups is 1. The van der Waals surface area contributed by atoms with E-state index in [0.29, 0.717) is 31.6 Å². The van der Waals surface area contributed by atoms with Crippen molar-refractivity contribution in [3.05, 3.63) is 34.4 Å². The molecule has 1 fully saturated rings. The van der Waals surface area contributed by atoms with Crippen molar-refractivity contribution < 1.29 is 18.1 Å². The summed E-state index contributed by atoms with van der Waals surface area (Å²) in [5.74, 6) is 0. The fourth-order valence-corrected chi connectivity index (χ4v) is 3.22. The normalized spacial score (nSPS) is 16.7. The summed E-state index contributed by atoms with van der Waals surface area (Å²) in [6.07, 6.45) is 2.25. The third-order valence-corrected chi connectivity index (χ3v) is 4.90. The second kappa shape index (κ2) is 6.92. The van der Waals surface area contributed by atoms with Crippen LogP contribution in [-0.2, 0) is 10.0 Å². The number of anilines is 1. The molecule has 10 heteroatoms. The molecule has 0 atom stereocenters. The molecule has 2 N–H and O–H groups in total. The highest BCUT2D eigenvalue weighted by molar-refractivity contribution is 7.88. The maximum Gasteiger partial charge on any atom is 0.319 e. The Hall–Kier alpha value is -2.20. The number of amides is 2. The Morgan fingerprint density at radius 3 is 2.30 bits per heavy atom. The predicted molar refractivity (Wildman–Crippen MR) is 84.7 cm³/mol. The van der Waals surface area contributed by atoms with E-state index in [4.69, 9.17) is 0 Å². The number of piperidine rings is 1. The van der Waals surface area contributed by atoms with Crippen LogP contribution in [0, 0.1) is 10.1 Å². The minimum Gasteiger partial charge on any atom is -0.335 e. The van der Waals surface area contributed by atoms with Gasteiger partial charge in [-0.15, -0.1) is 0 Å². The van der Waals surface area contributed by atoms with Gasteiger partial charge >= 0.3 is 6.03 Å². The molecule has 1 saturated heterocycles. The number of rotatable bonds is 4. The van der Waals surface area contributed by atoms with Crippen LogP contribution in [0.15, 0.2) is 24.3 Å². The van der Waals surface area contributed by atoms with Crippen LogP contribution >= 0.6 is 0 Å². The number of benzene rings is 1. The summed E-state index contributed by atoms with van der Waals surface area (Å²) in [4.78, 5) is 21.9. The number of nitro benzene ring substituents is 1. The number of carbonyl (C=O) groups is 1. The molecule has 1 aromatic rings. The maximum absolute atomic E-state index is 11.9. The van der Waals surface area contributed by atoms with Crippen LogP contribution in [0.25, 0.3) is 0 Å². The third kappa shape index (κ3) is 4.89. The molecule has 1 heterocycles. The molecule has 0 spiro atoms. The predicted octanol–water partition coefficient (Wildman–Crippen LogP) is 1.14. The highest BCUT2D eigenvalue weighted by Gasteiger charge is 2.25. The molecule has 126 valence electrons. The molecule has 0 aromatic heterocycles. The van der Waals surface area contributed by atoms with Gasteiger partial charge in [-0.3, -0.25) is 10.1 Å². The van der Waals surface area contributed by atoms with Gasteiger partial charge in [-0.05, 0) is 25.0 Å². The first kappa shape index (κ1) is 17.2. The second-order valence-corrected chi connectivity index (χ2v) is 7.32. The molecule has 0 unspecified atom stereocenters. The van der Waals surface area contributed by atoms with Crippen LogP contribution in [0.4, 0.5) is 16.2 Å². The molecule has 0 bridgehead atoms. The maximum atomic E-state index is 11.9. The average molecular weight is 342 g/mol. The Balaban J connectivity index is 1.83. The van der Waals surface area contributed by atoms with E-state index in [1.165, 1.54) is 34.8 Å². The van der Waals surface area contributed by atoms with Crippen molar-refractivity contribution in [3.63, 3.8) is 0 Å².